The minimum absolute atomic E-state index is 0.00587. The van der Waals surface area contributed by atoms with Crippen molar-refractivity contribution in [2.24, 2.45) is 5.92 Å². The number of amides is 1. The lowest BCUT2D eigenvalue weighted by Gasteiger charge is -2.41. The second kappa shape index (κ2) is 6.84. The van der Waals surface area contributed by atoms with Crippen molar-refractivity contribution in [3.8, 4) is 0 Å². The third-order valence-electron chi connectivity index (χ3n) is 4.55. The molecule has 1 amide bonds. The molecule has 1 aliphatic carbocycles. The van der Waals surface area contributed by atoms with Crippen LogP contribution in [0.5, 0.6) is 0 Å². The number of aromatic nitrogens is 1. The van der Waals surface area contributed by atoms with Crippen molar-refractivity contribution in [2.45, 2.75) is 51.0 Å². The summed E-state index contributed by atoms with van der Waals surface area (Å²) >= 11 is 1.59. The number of ether oxygens (including phenoxy) is 2. The highest BCUT2D eigenvalue weighted by atomic mass is 32.1. The molecule has 0 radical (unpaired) electrons. The van der Waals surface area contributed by atoms with Gasteiger partial charge in [0, 0.05) is 24.0 Å². The minimum atomic E-state index is -1.33. The van der Waals surface area contributed by atoms with Crippen LogP contribution in [0, 0.1) is 5.92 Å². The van der Waals surface area contributed by atoms with Crippen molar-refractivity contribution < 1.29 is 19.4 Å². The molecule has 128 valence electrons. The lowest BCUT2D eigenvalue weighted by atomic mass is 10.0. The molecule has 1 saturated heterocycles. The van der Waals surface area contributed by atoms with Gasteiger partial charge in [0.15, 0.2) is 0 Å². The standard InChI is InChI=1S/C16H24N2O4S/c1-16(2,20)15(19)18-6-7-22-14-11(3-4-12(14)18)9-21-10-13-17-5-8-23-13/h5,8,11-12,14,20H,3-4,6-7,9-10H2,1-2H3/t11?,12-,14-/m0/s1. The fraction of sp³-hybridized carbons (Fsp3) is 0.750. The van der Waals surface area contributed by atoms with Gasteiger partial charge in [0.25, 0.3) is 5.91 Å². The van der Waals surface area contributed by atoms with E-state index in [0.717, 1.165) is 17.8 Å². The second-order valence-electron chi connectivity index (χ2n) is 6.74. The summed E-state index contributed by atoms with van der Waals surface area (Å²) in [5.74, 6) is 0.0810. The van der Waals surface area contributed by atoms with E-state index in [9.17, 15) is 9.90 Å². The molecule has 1 N–H and O–H groups in total. The monoisotopic (exact) mass is 340 g/mol. The van der Waals surface area contributed by atoms with Crippen LogP contribution in [0.2, 0.25) is 0 Å². The average Bonchev–Trinajstić information content (AvgIpc) is 3.15. The van der Waals surface area contributed by atoms with E-state index >= 15 is 0 Å². The highest BCUT2D eigenvalue weighted by molar-refractivity contribution is 7.09. The van der Waals surface area contributed by atoms with Gasteiger partial charge in [-0.15, -0.1) is 11.3 Å². The first-order valence-corrected chi connectivity index (χ1v) is 8.96. The summed E-state index contributed by atoms with van der Waals surface area (Å²) < 4.78 is 11.7. The van der Waals surface area contributed by atoms with E-state index in [-0.39, 0.29) is 24.0 Å². The molecule has 1 saturated carbocycles. The molecule has 0 aromatic carbocycles. The van der Waals surface area contributed by atoms with E-state index in [4.69, 9.17) is 9.47 Å². The SMILES string of the molecule is CC(C)(O)C(=O)N1CCO[C@H]2C(COCc3nccs3)CC[C@@H]21. The highest BCUT2D eigenvalue weighted by Gasteiger charge is 2.46. The summed E-state index contributed by atoms with van der Waals surface area (Å²) in [7, 11) is 0. The van der Waals surface area contributed by atoms with Crippen molar-refractivity contribution >= 4 is 17.2 Å². The molecule has 2 fully saturated rings. The molecule has 2 heterocycles. The number of morpholine rings is 1. The summed E-state index contributed by atoms with van der Waals surface area (Å²) in [4.78, 5) is 18.4. The quantitative estimate of drug-likeness (QED) is 0.878. The summed E-state index contributed by atoms with van der Waals surface area (Å²) in [5.41, 5.74) is -1.33. The van der Waals surface area contributed by atoms with Crippen molar-refractivity contribution in [3.63, 3.8) is 0 Å². The molecular formula is C16H24N2O4S. The fourth-order valence-corrected chi connectivity index (χ4v) is 4.02. The first-order valence-electron chi connectivity index (χ1n) is 8.08. The van der Waals surface area contributed by atoms with Crippen molar-refractivity contribution in [2.75, 3.05) is 19.8 Å². The van der Waals surface area contributed by atoms with Gasteiger partial charge in [0.2, 0.25) is 0 Å². The van der Waals surface area contributed by atoms with E-state index in [1.165, 1.54) is 0 Å². The number of thiazole rings is 1. The molecule has 1 aromatic rings. The number of nitrogens with zero attached hydrogens (tertiary/aromatic N) is 2. The van der Waals surface area contributed by atoms with Gasteiger partial charge < -0.3 is 19.5 Å². The molecule has 6 nitrogen and oxygen atoms in total. The van der Waals surface area contributed by atoms with Crippen LogP contribution in [0.1, 0.15) is 31.7 Å². The van der Waals surface area contributed by atoms with Gasteiger partial charge in [-0.1, -0.05) is 0 Å². The van der Waals surface area contributed by atoms with Crippen LogP contribution in [-0.4, -0.2) is 58.4 Å². The molecule has 7 heteroatoms. The van der Waals surface area contributed by atoms with Crippen LogP contribution in [0.4, 0.5) is 0 Å². The van der Waals surface area contributed by atoms with Crippen LogP contribution < -0.4 is 0 Å². The Labute approximate surface area is 140 Å². The number of rotatable bonds is 5. The summed E-state index contributed by atoms with van der Waals surface area (Å²) in [5, 5.41) is 12.9. The third kappa shape index (κ3) is 3.74. The third-order valence-corrected chi connectivity index (χ3v) is 5.30. The summed E-state index contributed by atoms with van der Waals surface area (Å²) in [6.45, 7) is 5.30. The van der Waals surface area contributed by atoms with Crippen LogP contribution in [-0.2, 0) is 20.9 Å². The zero-order valence-corrected chi connectivity index (χ0v) is 14.4. The topological polar surface area (TPSA) is 71.9 Å². The first-order chi connectivity index (χ1) is 11.0. The number of aliphatic hydroxyl groups is 1. The van der Waals surface area contributed by atoms with E-state index in [2.05, 4.69) is 4.98 Å². The van der Waals surface area contributed by atoms with Crippen LogP contribution in [0.15, 0.2) is 11.6 Å². The van der Waals surface area contributed by atoms with Crippen molar-refractivity contribution in [1.82, 2.24) is 9.88 Å². The molecule has 23 heavy (non-hydrogen) atoms. The van der Waals surface area contributed by atoms with Gasteiger partial charge >= 0.3 is 0 Å². The largest absolute Gasteiger partial charge is 0.381 e. The Morgan fingerprint density at radius 2 is 2.39 bits per heavy atom. The van der Waals surface area contributed by atoms with E-state index in [1.54, 1.807) is 36.3 Å². The Morgan fingerprint density at radius 3 is 3.09 bits per heavy atom. The fourth-order valence-electron chi connectivity index (χ4n) is 3.46. The Bertz CT molecular complexity index is 529. The van der Waals surface area contributed by atoms with Gasteiger partial charge in [-0.3, -0.25) is 4.79 Å². The number of hydrogen-bond donors (Lipinski definition) is 1. The first kappa shape index (κ1) is 16.8. The zero-order valence-electron chi connectivity index (χ0n) is 13.6. The van der Waals surface area contributed by atoms with Crippen molar-refractivity contribution in [3.05, 3.63) is 16.6 Å². The number of hydrogen-bond acceptors (Lipinski definition) is 6. The molecular weight excluding hydrogens is 316 g/mol. The predicted molar refractivity (Wildman–Crippen MR) is 86.0 cm³/mol. The normalized spacial score (nSPS) is 28.0. The molecule has 0 spiro atoms. The maximum atomic E-state index is 12.4. The molecule has 1 aliphatic heterocycles. The number of fused-ring (bicyclic) bond motifs is 1. The lowest BCUT2D eigenvalue weighted by molar-refractivity contribution is -0.162. The van der Waals surface area contributed by atoms with E-state index in [0.29, 0.717) is 26.4 Å². The van der Waals surface area contributed by atoms with Gasteiger partial charge in [-0.05, 0) is 26.7 Å². The minimum Gasteiger partial charge on any atom is -0.381 e. The van der Waals surface area contributed by atoms with E-state index < -0.39 is 5.60 Å². The smallest absolute Gasteiger partial charge is 0.254 e. The molecule has 2 aliphatic rings. The molecule has 3 rings (SSSR count). The summed E-state index contributed by atoms with van der Waals surface area (Å²) in [6.07, 6.45) is 3.66. The number of carbonyl (C=O) groups is 1. The van der Waals surface area contributed by atoms with Gasteiger partial charge in [0.05, 0.1) is 32.0 Å². The Hall–Kier alpha value is -1.02. The van der Waals surface area contributed by atoms with Crippen LogP contribution in [0.25, 0.3) is 0 Å². The molecule has 3 atom stereocenters. The van der Waals surface area contributed by atoms with Gasteiger partial charge in [-0.25, -0.2) is 4.98 Å². The average molecular weight is 340 g/mol. The maximum absolute atomic E-state index is 12.4. The second-order valence-corrected chi connectivity index (χ2v) is 7.72. The Balaban J connectivity index is 1.56. The molecule has 1 aromatic heterocycles. The van der Waals surface area contributed by atoms with Crippen LogP contribution in [0.3, 0.4) is 0 Å². The maximum Gasteiger partial charge on any atom is 0.254 e. The van der Waals surface area contributed by atoms with Gasteiger partial charge in [0.1, 0.15) is 10.6 Å². The summed E-state index contributed by atoms with van der Waals surface area (Å²) in [6, 6.07) is 0.0520. The Morgan fingerprint density at radius 1 is 1.57 bits per heavy atom. The van der Waals surface area contributed by atoms with Crippen LogP contribution >= 0.6 is 11.3 Å². The highest BCUT2D eigenvalue weighted by Crippen LogP contribution is 2.36. The molecule has 1 unspecified atom stereocenters. The predicted octanol–water partition coefficient (Wildman–Crippen LogP) is 1.44. The van der Waals surface area contributed by atoms with E-state index in [1.807, 2.05) is 5.38 Å². The van der Waals surface area contributed by atoms with Gasteiger partial charge in [-0.2, -0.15) is 0 Å². The lowest BCUT2D eigenvalue weighted by Crippen LogP contribution is -2.57. The Kier molecular flexibility index (Phi) is 5.01. The number of carbonyl (C=O) groups excluding carboxylic acids is 1. The van der Waals surface area contributed by atoms with Crippen molar-refractivity contribution in [1.29, 1.82) is 0 Å². The zero-order chi connectivity index (χ0) is 16.4. The molecule has 0 bridgehead atoms.